The summed E-state index contributed by atoms with van der Waals surface area (Å²) in [6.07, 6.45) is 0. The van der Waals surface area contributed by atoms with Gasteiger partial charge in [-0.05, 0) is 19.1 Å². The molecule has 0 bridgehead atoms. The first kappa shape index (κ1) is 14.5. The molecule has 0 saturated carbocycles. The maximum Gasteiger partial charge on any atom is 0.245 e. The van der Waals surface area contributed by atoms with Crippen molar-refractivity contribution in [1.82, 2.24) is 4.31 Å². The van der Waals surface area contributed by atoms with E-state index in [0.29, 0.717) is 6.07 Å². The summed E-state index contributed by atoms with van der Waals surface area (Å²) in [5.74, 6) is -2.51. The Morgan fingerprint density at radius 2 is 2.06 bits per heavy atom. The lowest BCUT2D eigenvalue weighted by Crippen LogP contribution is -2.31. The van der Waals surface area contributed by atoms with Crippen molar-refractivity contribution in [3.63, 3.8) is 0 Å². The van der Waals surface area contributed by atoms with E-state index in [2.05, 4.69) is 0 Å². The molecule has 0 saturated heterocycles. The number of halogens is 2. The molecule has 0 amide bonds. The number of hydrogen-bond acceptors (Lipinski definition) is 3. The molecule has 7 heteroatoms. The van der Waals surface area contributed by atoms with Gasteiger partial charge in [0.05, 0.1) is 12.0 Å². The van der Waals surface area contributed by atoms with Crippen LogP contribution in [0.4, 0.5) is 8.78 Å². The van der Waals surface area contributed by atoms with Gasteiger partial charge in [0.2, 0.25) is 10.0 Å². The van der Waals surface area contributed by atoms with Gasteiger partial charge in [-0.2, -0.15) is 9.57 Å². The second-order valence-electron chi connectivity index (χ2n) is 3.89. The highest BCUT2D eigenvalue weighted by Gasteiger charge is 2.25. The summed E-state index contributed by atoms with van der Waals surface area (Å²) in [5, 5.41) is 8.62. The van der Waals surface area contributed by atoms with Crippen molar-refractivity contribution in [1.29, 1.82) is 5.26 Å². The van der Waals surface area contributed by atoms with E-state index in [0.717, 1.165) is 16.4 Å². The molecular formula is C11H12F2N2O2S. The van der Waals surface area contributed by atoms with Crippen molar-refractivity contribution >= 4 is 10.0 Å². The number of rotatable bonds is 4. The minimum absolute atomic E-state index is 0.0599. The molecule has 1 aromatic rings. The van der Waals surface area contributed by atoms with Gasteiger partial charge in [0.15, 0.2) is 0 Å². The van der Waals surface area contributed by atoms with E-state index in [1.54, 1.807) is 6.92 Å². The minimum atomic E-state index is -4.05. The van der Waals surface area contributed by atoms with Gasteiger partial charge in [0.1, 0.15) is 16.5 Å². The molecule has 0 spiro atoms. The van der Waals surface area contributed by atoms with E-state index in [1.807, 2.05) is 6.07 Å². The lowest BCUT2D eigenvalue weighted by Gasteiger charge is -2.18. The SMILES string of the molecule is CC(C#N)CN(C)S(=O)(=O)c1ccc(F)cc1F. The fraction of sp³-hybridized carbons (Fsp3) is 0.364. The smallest absolute Gasteiger partial charge is 0.207 e. The predicted molar refractivity (Wildman–Crippen MR) is 61.0 cm³/mol. The highest BCUT2D eigenvalue weighted by Crippen LogP contribution is 2.19. The molecule has 1 aromatic carbocycles. The van der Waals surface area contributed by atoms with Crippen molar-refractivity contribution in [2.24, 2.45) is 5.92 Å². The molecule has 0 aliphatic heterocycles. The zero-order valence-corrected chi connectivity index (χ0v) is 10.7. The van der Waals surface area contributed by atoms with Crippen LogP contribution in [0.25, 0.3) is 0 Å². The molecule has 0 radical (unpaired) electrons. The van der Waals surface area contributed by atoms with E-state index in [1.165, 1.54) is 7.05 Å². The molecule has 0 aliphatic rings. The average molecular weight is 274 g/mol. The maximum absolute atomic E-state index is 13.4. The third kappa shape index (κ3) is 3.03. The summed E-state index contributed by atoms with van der Waals surface area (Å²) in [7, 11) is -2.81. The van der Waals surface area contributed by atoms with E-state index in [-0.39, 0.29) is 6.54 Å². The highest BCUT2D eigenvalue weighted by atomic mass is 32.2. The number of benzene rings is 1. The molecule has 18 heavy (non-hydrogen) atoms. The van der Waals surface area contributed by atoms with E-state index >= 15 is 0 Å². The van der Waals surface area contributed by atoms with Crippen molar-refractivity contribution in [3.05, 3.63) is 29.8 Å². The molecule has 1 atom stereocenters. The predicted octanol–water partition coefficient (Wildman–Crippen LogP) is 1.74. The first-order valence-corrected chi connectivity index (χ1v) is 6.54. The molecule has 1 rings (SSSR count). The number of nitrogens with zero attached hydrogens (tertiary/aromatic N) is 2. The van der Waals surface area contributed by atoms with E-state index in [9.17, 15) is 17.2 Å². The standard InChI is InChI=1S/C11H12F2N2O2S/c1-8(6-14)7-15(2)18(16,17)11-4-3-9(12)5-10(11)13/h3-5,8H,7H2,1-2H3. The van der Waals surface area contributed by atoms with Gasteiger partial charge in [0, 0.05) is 19.7 Å². The van der Waals surface area contributed by atoms with Crippen molar-refractivity contribution < 1.29 is 17.2 Å². The molecule has 0 aromatic heterocycles. The molecule has 0 heterocycles. The lowest BCUT2D eigenvalue weighted by molar-refractivity contribution is 0.434. The fourth-order valence-electron chi connectivity index (χ4n) is 1.38. The van der Waals surface area contributed by atoms with Gasteiger partial charge in [-0.25, -0.2) is 17.2 Å². The normalized spacial score (nSPS) is 13.3. The van der Waals surface area contributed by atoms with E-state index < -0.39 is 32.5 Å². The Morgan fingerprint density at radius 1 is 1.44 bits per heavy atom. The summed E-state index contributed by atoms with van der Waals surface area (Å²) in [6, 6.07) is 4.13. The Labute approximate surface area is 105 Å². The summed E-state index contributed by atoms with van der Waals surface area (Å²) in [5.41, 5.74) is 0. The third-order valence-electron chi connectivity index (χ3n) is 2.33. The zero-order chi connectivity index (χ0) is 13.9. The Kier molecular flexibility index (Phi) is 4.38. The lowest BCUT2D eigenvalue weighted by atomic mass is 10.2. The number of hydrogen-bond donors (Lipinski definition) is 0. The third-order valence-corrected chi connectivity index (χ3v) is 4.19. The Hall–Kier alpha value is -1.52. The van der Waals surface area contributed by atoms with Crippen molar-refractivity contribution in [2.45, 2.75) is 11.8 Å². The molecular weight excluding hydrogens is 262 g/mol. The van der Waals surface area contributed by atoms with Crippen molar-refractivity contribution in [3.8, 4) is 6.07 Å². The topological polar surface area (TPSA) is 61.2 Å². The summed E-state index contributed by atoms with van der Waals surface area (Å²) in [4.78, 5) is -0.600. The highest BCUT2D eigenvalue weighted by molar-refractivity contribution is 7.89. The van der Waals surface area contributed by atoms with Gasteiger partial charge >= 0.3 is 0 Å². The quantitative estimate of drug-likeness (QED) is 0.840. The van der Waals surface area contributed by atoms with Gasteiger partial charge < -0.3 is 0 Å². The molecule has 0 aliphatic carbocycles. The second kappa shape index (κ2) is 5.42. The van der Waals surface area contributed by atoms with Gasteiger partial charge in [-0.15, -0.1) is 0 Å². The molecule has 0 N–H and O–H groups in total. The Bertz CT molecular complexity index is 581. The molecule has 98 valence electrons. The Morgan fingerprint density at radius 3 is 2.56 bits per heavy atom. The van der Waals surface area contributed by atoms with E-state index in [4.69, 9.17) is 5.26 Å². The van der Waals surface area contributed by atoms with Crippen LogP contribution in [0, 0.1) is 28.9 Å². The summed E-state index contributed by atoms with van der Waals surface area (Å²) >= 11 is 0. The first-order chi connectivity index (χ1) is 8.28. The van der Waals surface area contributed by atoms with Crippen LogP contribution in [0.1, 0.15) is 6.92 Å². The summed E-state index contributed by atoms with van der Waals surface area (Å²) in [6.45, 7) is 1.49. The van der Waals surface area contributed by atoms with Crippen LogP contribution in [0.15, 0.2) is 23.1 Å². The van der Waals surface area contributed by atoms with Crippen LogP contribution in [-0.2, 0) is 10.0 Å². The van der Waals surface area contributed by atoms with Gasteiger partial charge in [0.25, 0.3) is 0 Å². The largest absolute Gasteiger partial charge is 0.245 e. The van der Waals surface area contributed by atoms with Crippen molar-refractivity contribution in [2.75, 3.05) is 13.6 Å². The minimum Gasteiger partial charge on any atom is -0.207 e. The average Bonchev–Trinajstić information content (AvgIpc) is 2.28. The fourth-order valence-corrected chi connectivity index (χ4v) is 2.68. The molecule has 1 unspecified atom stereocenters. The van der Waals surface area contributed by atoms with Crippen LogP contribution >= 0.6 is 0 Å². The number of nitriles is 1. The number of sulfonamides is 1. The molecule has 4 nitrogen and oxygen atoms in total. The monoisotopic (exact) mass is 274 g/mol. The maximum atomic E-state index is 13.4. The van der Waals surface area contributed by atoms with Crippen LogP contribution in [-0.4, -0.2) is 26.3 Å². The van der Waals surface area contributed by atoms with Crippen LogP contribution in [0.2, 0.25) is 0 Å². The van der Waals surface area contributed by atoms with Gasteiger partial charge in [-0.1, -0.05) is 0 Å². The molecule has 0 fully saturated rings. The zero-order valence-electron chi connectivity index (χ0n) is 9.89. The van der Waals surface area contributed by atoms with Crippen LogP contribution < -0.4 is 0 Å². The van der Waals surface area contributed by atoms with Gasteiger partial charge in [-0.3, -0.25) is 0 Å². The Balaban J connectivity index is 3.10. The first-order valence-electron chi connectivity index (χ1n) is 5.10. The summed E-state index contributed by atoms with van der Waals surface area (Å²) < 4.78 is 50.9. The van der Waals surface area contributed by atoms with Crippen LogP contribution in [0.5, 0.6) is 0 Å². The second-order valence-corrected chi connectivity index (χ2v) is 5.90. The van der Waals surface area contributed by atoms with Crippen LogP contribution in [0.3, 0.4) is 0 Å².